The molecule has 9 heteroatoms. The first-order valence-electron chi connectivity index (χ1n) is 7.47. The average molecular weight is 356 g/mol. The molecule has 2 N–H and O–H groups in total. The smallest absolute Gasteiger partial charge is 0.240 e. The summed E-state index contributed by atoms with van der Waals surface area (Å²) in [7, 11) is 1.62. The molecule has 0 saturated heterocycles. The zero-order valence-electron chi connectivity index (χ0n) is 13.6. The molecular formula is C16H16N6O2S. The number of anilines is 1. The molecule has 0 radical (unpaired) electrons. The summed E-state index contributed by atoms with van der Waals surface area (Å²) in [5, 5.41) is 9.76. The van der Waals surface area contributed by atoms with Crippen LogP contribution in [-0.4, -0.2) is 43.4 Å². The molecule has 0 bridgehead atoms. The van der Waals surface area contributed by atoms with Crippen LogP contribution in [0.15, 0.2) is 47.9 Å². The number of thioether (sulfide) groups is 1. The lowest BCUT2D eigenvalue weighted by Crippen LogP contribution is -2.23. The van der Waals surface area contributed by atoms with Gasteiger partial charge in [0.25, 0.3) is 0 Å². The van der Waals surface area contributed by atoms with Gasteiger partial charge in [-0.1, -0.05) is 11.8 Å². The van der Waals surface area contributed by atoms with Crippen LogP contribution in [0, 0.1) is 0 Å². The summed E-state index contributed by atoms with van der Waals surface area (Å²) in [6.07, 6.45) is 3.13. The normalized spacial score (nSPS) is 11.8. The number of hydrogen-bond acceptors (Lipinski definition) is 7. The molecule has 1 unspecified atom stereocenters. The fourth-order valence-electron chi connectivity index (χ4n) is 1.96. The molecule has 1 amide bonds. The molecule has 0 aliphatic heterocycles. The highest BCUT2D eigenvalue weighted by atomic mass is 32.2. The Morgan fingerprint density at radius 3 is 2.64 bits per heavy atom. The van der Waals surface area contributed by atoms with E-state index in [0.717, 1.165) is 11.3 Å². The van der Waals surface area contributed by atoms with Crippen molar-refractivity contribution >= 4 is 23.6 Å². The van der Waals surface area contributed by atoms with Gasteiger partial charge in [0.05, 0.1) is 12.4 Å². The number of aromatic amines is 1. The van der Waals surface area contributed by atoms with E-state index in [4.69, 9.17) is 4.74 Å². The minimum atomic E-state index is -0.400. The molecule has 0 saturated carbocycles. The standard InChI is InChI=1S/C16H16N6O2S/c1-10(14(23)20-15-17-8-3-9-18-15)25-16-19-13(21-22-16)11-4-6-12(24-2)7-5-11/h3-10H,1-2H3,(H,19,21,22)(H,17,18,20,23). The lowest BCUT2D eigenvalue weighted by Gasteiger charge is -2.08. The lowest BCUT2D eigenvalue weighted by molar-refractivity contribution is -0.115. The van der Waals surface area contributed by atoms with Crippen LogP contribution >= 0.6 is 11.8 Å². The molecule has 3 aromatic rings. The maximum Gasteiger partial charge on any atom is 0.240 e. The maximum atomic E-state index is 12.2. The number of amides is 1. The van der Waals surface area contributed by atoms with Crippen molar-refractivity contribution in [3.8, 4) is 17.1 Å². The van der Waals surface area contributed by atoms with Crippen molar-refractivity contribution in [2.45, 2.75) is 17.3 Å². The highest BCUT2D eigenvalue weighted by Gasteiger charge is 2.18. The molecule has 25 heavy (non-hydrogen) atoms. The Morgan fingerprint density at radius 2 is 1.96 bits per heavy atom. The van der Waals surface area contributed by atoms with E-state index in [-0.39, 0.29) is 11.9 Å². The molecule has 128 valence electrons. The lowest BCUT2D eigenvalue weighted by atomic mass is 10.2. The molecule has 1 aromatic carbocycles. The number of nitrogens with one attached hydrogen (secondary N) is 2. The maximum absolute atomic E-state index is 12.2. The first-order chi connectivity index (χ1) is 12.2. The Kier molecular flexibility index (Phi) is 5.24. The van der Waals surface area contributed by atoms with Gasteiger partial charge in [0.2, 0.25) is 17.0 Å². The van der Waals surface area contributed by atoms with E-state index in [9.17, 15) is 4.79 Å². The average Bonchev–Trinajstić information content (AvgIpc) is 3.11. The molecule has 8 nitrogen and oxygen atoms in total. The largest absolute Gasteiger partial charge is 0.497 e. The van der Waals surface area contributed by atoms with Crippen molar-refractivity contribution < 1.29 is 9.53 Å². The molecule has 0 aliphatic carbocycles. The molecule has 1 atom stereocenters. The van der Waals surface area contributed by atoms with Crippen molar-refractivity contribution in [3.63, 3.8) is 0 Å². The number of nitrogens with zero attached hydrogens (tertiary/aromatic N) is 4. The first-order valence-corrected chi connectivity index (χ1v) is 8.35. The number of hydrogen-bond donors (Lipinski definition) is 2. The Labute approximate surface area is 148 Å². The van der Waals surface area contributed by atoms with Crippen LogP contribution < -0.4 is 10.1 Å². The van der Waals surface area contributed by atoms with E-state index >= 15 is 0 Å². The molecule has 0 spiro atoms. The van der Waals surface area contributed by atoms with Crippen LogP contribution in [0.1, 0.15) is 6.92 Å². The zero-order chi connectivity index (χ0) is 17.6. The van der Waals surface area contributed by atoms with Gasteiger partial charge in [-0.05, 0) is 37.3 Å². The molecule has 0 fully saturated rings. The van der Waals surface area contributed by atoms with E-state index in [1.54, 1.807) is 32.5 Å². The van der Waals surface area contributed by atoms with E-state index in [0.29, 0.717) is 11.0 Å². The van der Waals surface area contributed by atoms with Gasteiger partial charge in [0.15, 0.2) is 5.82 Å². The second-order valence-electron chi connectivity index (χ2n) is 5.02. The quantitative estimate of drug-likeness (QED) is 0.653. The minimum absolute atomic E-state index is 0.216. The van der Waals surface area contributed by atoms with E-state index in [2.05, 4.69) is 30.5 Å². The van der Waals surface area contributed by atoms with Crippen LogP contribution in [-0.2, 0) is 4.79 Å². The third kappa shape index (κ3) is 4.32. The highest BCUT2D eigenvalue weighted by molar-refractivity contribution is 8.00. The predicted octanol–water partition coefficient (Wildman–Crippen LogP) is 2.39. The van der Waals surface area contributed by atoms with Gasteiger partial charge < -0.3 is 4.74 Å². The van der Waals surface area contributed by atoms with Crippen molar-refractivity contribution in [1.29, 1.82) is 0 Å². The summed E-state index contributed by atoms with van der Waals surface area (Å²) < 4.78 is 5.13. The first kappa shape index (κ1) is 16.9. The van der Waals surface area contributed by atoms with Gasteiger partial charge in [-0.15, -0.1) is 5.10 Å². The summed E-state index contributed by atoms with van der Waals surface area (Å²) >= 11 is 1.25. The highest BCUT2D eigenvalue weighted by Crippen LogP contribution is 2.24. The van der Waals surface area contributed by atoms with Gasteiger partial charge in [0.1, 0.15) is 5.75 Å². The van der Waals surface area contributed by atoms with E-state index in [1.165, 1.54) is 11.8 Å². The summed E-state index contributed by atoms with van der Waals surface area (Å²) in [4.78, 5) is 24.5. The number of ether oxygens (including phenoxy) is 1. The number of aromatic nitrogens is 5. The Balaban J connectivity index is 1.63. The summed E-state index contributed by atoms with van der Waals surface area (Å²) in [5.74, 6) is 1.45. The predicted molar refractivity (Wildman–Crippen MR) is 94.4 cm³/mol. The Bertz CT molecular complexity index is 837. The second-order valence-corrected chi connectivity index (χ2v) is 6.32. The summed E-state index contributed by atoms with van der Waals surface area (Å²) in [5.41, 5.74) is 0.884. The summed E-state index contributed by atoms with van der Waals surface area (Å²) in [6, 6.07) is 9.15. The van der Waals surface area contributed by atoms with Gasteiger partial charge in [0, 0.05) is 18.0 Å². The monoisotopic (exact) mass is 356 g/mol. The van der Waals surface area contributed by atoms with Crippen LogP contribution in [0.3, 0.4) is 0 Å². The van der Waals surface area contributed by atoms with Crippen molar-refractivity contribution in [1.82, 2.24) is 25.1 Å². The fourth-order valence-corrected chi connectivity index (χ4v) is 2.69. The molecular weight excluding hydrogens is 340 g/mol. The van der Waals surface area contributed by atoms with Crippen LogP contribution in [0.25, 0.3) is 11.4 Å². The zero-order valence-corrected chi connectivity index (χ0v) is 14.4. The van der Waals surface area contributed by atoms with Crippen LogP contribution in [0.2, 0.25) is 0 Å². The van der Waals surface area contributed by atoms with E-state index < -0.39 is 5.25 Å². The second kappa shape index (κ2) is 7.75. The van der Waals surface area contributed by atoms with Crippen molar-refractivity contribution in [3.05, 3.63) is 42.7 Å². The number of H-pyrrole nitrogens is 1. The van der Waals surface area contributed by atoms with Gasteiger partial charge in [-0.25, -0.2) is 15.0 Å². The number of rotatable bonds is 6. The SMILES string of the molecule is COc1ccc(-c2nc(SC(C)C(=O)Nc3ncccn3)n[nH]2)cc1. The third-order valence-electron chi connectivity index (χ3n) is 3.28. The van der Waals surface area contributed by atoms with Gasteiger partial charge in [-0.2, -0.15) is 0 Å². The molecule has 0 aliphatic rings. The van der Waals surface area contributed by atoms with Gasteiger partial charge in [-0.3, -0.25) is 15.2 Å². The molecule has 2 aromatic heterocycles. The van der Waals surface area contributed by atoms with Crippen LogP contribution in [0.4, 0.5) is 5.95 Å². The number of methoxy groups -OCH3 is 1. The number of carbonyl (C=O) groups excluding carboxylic acids is 1. The van der Waals surface area contributed by atoms with Crippen LogP contribution in [0.5, 0.6) is 5.75 Å². The summed E-state index contributed by atoms with van der Waals surface area (Å²) in [6.45, 7) is 1.77. The topological polar surface area (TPSA) is 106 Å². The third-order valence-corrected chi connectivity index (χ3v) is 4.24. The minimum Gasteiger partial charge on any atom is -0.497 e. The molecule has 2 heterocycles. The fraction of sp³-hybridized carbons (Fsp3) is 0.188. The number of carbonyl (C=O) groups is 1. The molecule has 3 rings (SSSR count). The Hall–Kier alpha value is -2.94. The number of benzene rings is 1. The van der Waals surface area contributed by atoms with Crippen molar-refractivity contribution in [2.75, 3.05) is 12.4 Å². The van der Waals surface area contributed by atoms with E-state index in [1.807, 2.05) is 24.3 Å². The van der Waals surface area contributed by atoms with Crippen molar-refractivity contribution in [2.24, 2.45) is 0 Å². The Morgan fingerprint density at radius 1 is 1.24 bits per heavy atom. The van der Waals surface area contributed by atoms with Gasteiger partial charge >= 0.3 is 0 Å².